The van der Waals surface area contributed by atoms with Crippen LogP contribution in [0.1, 0.15) is 69.8 Å². The number of imidazole rings is 1. The summed E-state index contributed by atoms with van der Waals surface area (Å²) in [6, 6.07) is 9.85. The summed E-state index contributed by atoms with van der Waals surface area (Å²) in [6.07, 6.45) is 7.09. The summed E-state index contributed by atoms with van der Waals surface area (Å²) in [5.41, 5.74) is 1.15. The molecular weight excluding hydrogens is 388 g/mol. The summed E-state index contributed by atoms with van der Waals surface area (Å²) < 4.78 is 2.00. The predicted octanol–water partition coefficient (Wildman–Crippen LogP) is 4.24. The molecule has 2 heterocycles. The SMILES string of the molecule is CC(C)c1nccn1C(C)C(=O)N1CCC(CCC(=O)N(C)Cc2ccccc2)CC1. The second kappa shape index (κ2) is 10.6. The number of aromatic nitrogens is 2. The van der Waals surface area contributed by atoms with Crippen LogP contribution in [0.25, 0.3) is 0 Å². The monoisotopic (exact) mass is 424 g/mol. The second-order valence-electron chi connectivity index (χ2n) is 9.07. The summed E-state index contributed by atoms with van der Waals surface area (Å²) in [5.74, 6) is 2.10. The smallest absolute Gasteiger partial charge is 0.245 e. The first-order valence-corrected chi connectivity index (χ1v) is 11.5. The van der Waals surface area contributed by atoms with Crippen molar-refractivity contribution in [2.45, 2.75) is 65.0 Å². The van der Waals surface area contributed by atoms with Crippen LogP contribution in [-0.2, 0) is 16.1 Å². The van der Waals surface area contributed by atoms with E-state index in [2.05, 4.69) is 18.8 Å². The maximum absolute atomic E-state index is 13.0. The zero-order valence-electron chi connectivity index (χ0n) is 19.3. The van der Waals surface area contributed by atoms with Crippen molar-refractivity contribution in [3.8, 4) is 0 Å². The van der Waals surface area contributed by atoms with Gasteiger partial charge in [-0.15, -0.1) is 0 Å². The van der Waals surface area contributed by atoms with Gasteiger partial charge in [0.15, 0.2) is 0 Å². The van der Waals surface area contributed by atoms with E-state index in [1.807, 2.05) is 64.9 Å². The first-order valence-electron chi connectivity index (χ1n) is 11.5. The molecule has 1 saturated heterocycles. The molecular formula is C25H36N4O2. The molecule has 2 aromatic rings. The zero-order chi connectivity index (χ0) is 22.4. The number of amides is 2. The maximum atomic E-state index is 13.0. The van der Waals surface area contributed by atoms with Crippen molar-refractivity contribution in [1.82, 2.24) is 19.4 Å². The topological polar surface area (TPSA) is 58.4 Å². The van der Waals surface area contributed by atoms with E-state index in [1.165, 1.54) is 0 Å². The van der Waals surface area contributed by atoms with Gasteiger partial charge in [0, 0.05) is 51.4 Å². The van der Waals surface area contributed by atoms with Gasteiger partial charge in [-0.25, -0.2) is 4.98 Å². The Kier molecular flexibility index (Phi) is 7.88. The third-order valence-electron chi connectivity index (χ3n) is 6.37. The minimum absolute atomic E-state index is 0.164. The average Bonchev–Trinajstić information content (AvgIpc) is 3.28. The first kappa shape index (κ1) is 23.0. The number of hydrogen-bond acceptors (Lipinski definition) is 3. The van der Waals surface area contributed by atoms with Crippen molar-refractivity contribution in [2.24, 2.45) is 5.92 Å². The Morgan fingerprint density at radius 2 is 1.81 bits per heavy atom. The molecule has 0 aliphatic carbocycles. The van der Waals surface area contributed by atoms with Crippen molar-refractivity contribution in [1.29, 1.82) is 0 Å². The lowest BCUT2D eigenvalue weighted by atomic mass is 9.91. The molecule has 31 heavy (non-hydrogen) atoms. The molecule has 1 aromatic carbocycles. The van der Waals surface area contributed by atoms with E-state index in [9.17, 15) is 9.59 Å². The largest absolute Gasteiger partial charge is 0.341 e. The number of nitrogens with zero attached hydrogens (tertiary/aromatic N) is 4. The van der Waals surface area contributed by atoms with Crippen molar-refractivity contribution < 1.29 is 9.59 Å². The number of rotatable bonds is 8. The lowest BCUT2D eigenvalue weighted by Gasteiger charge is -2.34. The van der Waals surface area contributed by atoms with Gasteiger partial charge in [0.05, 0.1) is 0 Å². The molecule has 0 N–H and O–H groups in total. The number of carbonyl (C=O) groups is 2. The van der Waals surface area contributed by atoms with Crippen molar-refractivity contribution in [3.05, 3.63) is 54.1 Å². The third kappa shape index (κ3) is 5.96. The van der Waals surface area contributed by atoms with Gasteiger partial charge in [-0.1, -0.05) is 44.2 Å². The van der Waals surface area contributed by atoms with Crippen molar-refractivity contribution >= 4 is 11.8 Å². The molecule has 1 fully saturated rings. The van der Waals surface area contributed by atoms with Gasteiger partial charge in [0.1, 0.15) is 11.9 Å². The molecule has 0 radical (unpaired) electrons. The van der Waals surface area contributed by atoms with Gasteiger partial charge < -0.3 is 14.4 Å². The molecule has 2 amide bonds. The van der Waals surface area contributed by atoms with Crippen LogP contribution in [0.3, 0.4) is 0 Å². The van der Waals surface area contributed by atoms with E-state index >= 15 is 0 Å². The highest BCUT2D eigenvalue weighted by Gasteiger charge is 2.28. The second-order valence-corrected chi connectivity index (χ2v) is 9.07. The molecule has 0 saturated carbocycles. The van der Waals surface area contributed by atoms with Gasteiger partial charge >= 0.3 is 0 Å². The number of carbonyl (C=O) groups excluding carboxylic acids is 2. The van der Waals surface area contributed by atoms with Crippen LogP contribution in [0.15, 0.2) is 42.7 Å². The Labute approximate surface area is 186 Å². The fourth-order valence-corrected chi connectivity index (χ4v) is 4.39. The quantitative estimate of drug-likeness (QED) is 0.637. The first-order chi connectivity index (χ1) is 14.9. The zero-order valence-corrected chi connectivity index (χ0v) is 19.3. The molecule has 0 bridgehead atoms. The Morgan fingerprint density at radius 3 is 2.45 bits per heavy atom. The Hall–Kier alpha value is -2.63. The summed E-state index contributed by atoms with van der Waals surface area (Å²) in [5, 5.41) is 0. The van der Waals surface area contributed by atoms with Crippen LogP contribution in [0.2, 0.25) is 0 Å². The summed E-state index contributed by atoms with van der Waals surface area (Å²) in [6.45, 7) is 8.35. The third-order valence-corrected chi connectivity index (χ3v) is 6.37. The van der Waals surface area contributed by atoms with E-state index in [1.54, 1.807) is 6.20 Å². The van der Waals surface area contributed by atoms with Crippen LogP contribution in [-0.4, -0.2) is 51.3 Å². The summed E-state index contributed by atoms with van der Waals surface area (Å²) in [7, 11) is 1.87. The van der Waals surface area contributed by atoms with Crippen LogP contribution in [0, 0.1) is 5.92 Å². The highest BCUT2D eigenvalue weighted by molar-refractivity contribution is 5.80. The molecule has 1 atom stereocenters. The molecule has 1 unspecified atom stereocenters. The molecule has 1 aromatic heterocycles. The Morgan fingerprint density at radius 1 is 1.13 bits per heavy atom. The number of piperidine rings is 1. The molecule has 3 rings (SSSR count). The predicted molar refractivity (Wildman–Crippen MR) is 122 cm³/mol. The van der Waals surface area contributed by atoms with Crippen LogP contribution in [0.5, 0.6) is 0 Å². The number of likely N-dealkylation sites (tertiary alicyclic amines) is 1. The van der Waals surface area contributed by atoms with E-state index in [-0.39, 0.29) is 23.8 Å². The van der Waals surface area contributed by atoms with E-state index in [0.29, 0.717) is 18.9 Å². The van der Waals surface area contributed by atoms with Crippen molar-refractivity contribution in [3.63, 3.8) is 0 Å². The average molecular weight is 425 g/mol. The summed E-state index contributed by atoms with van der Waals surface area (Å²) >= 11 is 0. The Balaban J connectivity index is 1.43. The van der Waals surface area contributed by atoms with Crippen LogP contribution >= 0.6 is 0 Å². The Bertz CT molecular complexity index is 853. The van der Waals surface area contributed by atoms with Gasteiger partial charge in [-0.2, -0.15) is 0 Å². The highest BCUT2D eigenvalue weighted by Crippen LogP contribution is 2.25. The number of benzene rings is 1. The number of hydrogen-bond donors (Lipinski definition) is 0. The standard InChI is InChI=1S/C25H36N4O2/c1-19(2)24-26-14-17-29(24)20(3)25(31)28-15-12-21(13-16-28)10-11-23(30)27(4)18-22-8-6-5-7-9-22/h5-9,14,17,19-21H,10-13,15-16,18H2,1-4H3. The lowest BCUT2D eigenvalue weighted by molar-refractivity contribution is -0.136. The summed E-state index contributed by atoms with van der Waals surface area (Å²) in [4.78, 5) is 33.8. The molecule has 168 valence electrons. The minimum Gasteiger partial charge on any atom is -0.341 e. The van der Waals surface area contributed by atoms with E-state index in [0.717, 1.165) is 43.7 Å². The fraction of sp³-hybridized carbons (Fsp3) is 0.560. The van der Waals surface area contributed by atoms with E-state index in [4.69, 9.17) is 0 Å². The van der Waals surface area contributed by atoms with Gasteiger partial charge in [-0.05, 0) is 37.7 Å². The van der Waals surface area contributed by atoms with Gasteiger partial charge in [-0.3, -0.25) is 9.59 Å². The normalized spacial score (nSPS) is 15.8. The highest BCUT2D eigenvalue weighted by atomic mass is 16.2. The molecule has 1 aliphatic rings. The molecule has 6 nitrogen and oxygen atoms in total. The molecule has 1 aliphatic heterocycles. The lowest BCUT2D eigenvalue weighted by Crippen LogP contribution is -2.42. The maximum Gasteiger partial charge on any atom is 0.245 e. The van der Waals surface area contributed by atoms with Crippen LogP contribution < -0.4 is 0 Å². The fourth-order valence-electron chi connectivity index (χ4n) is 4.39. The molecule has 6 heteroatoms. The van der Waals surface area contributed by atoms with Gasteiger partial charge in [0.2, 0.25) is 11.8 Å². The van der Waals surface area contributed by atoms with Crippen molar-refractivity contribution in [2.75, 3.05) is 20.1 Å². The van der Waals surface area contributed by atoms with Gasteiger partial charge in [0.25, 0.3) is 0 Å². The molecule has 0 spiro atoms. The van der Waals surface area contributed by atoms with Crippen LogP contribution in [0.4, 0.5) is 0 Å². The van der Waals surface area contributed by atoms with E-state index < -0.39 is 0 Å². The minimum atomic E-state index is -0.232.